The second-order valence-corrected chi connectivity index (χ2v) is 7.03. The lowest BCUT2D eigenvalue weighted by Gasteiger charge is -2.07. The van der Waals surface area contributed by atoms with Crippen LogP contribution in [0.5, 0.6) is 0 Å². The molecule has 0 saturated heterocycles. The molecule has 0 aromatic heterocycles. The zero-order valence-corrected chi connectivity index (χ0v) is 15.5. The van der Waals surface area contributed by atoms with Gasteiger partial charge in [0.25, 0.3) is 0 Å². The second kappa shape index (κ2) is 9.11. The Kier molecular flexibility index (Phi) is 7.16. The van der Waals surface area contributed by atoms with Crippen LogP contribution in [0.25, 0.3) is 0 Å². The molecule has 24 heavy (non-hydrogen) atoms. The molecular formula is C18H17Cl2NO2S. The topological polar surface area (TPSA) is 46.2 Å². The molecule has 3 nitrogen and oxygen atoms in total. The van der Waals surface area contributed by atoms with Gasteiger partial charge in [-0.25, -0.2) is 0 Å². The predicted molar refractivity (Wildman–Crippen MR) is 101 cm³/mol. The van der Waals surface area contributed by atoms with Crippen molar-refractivity contribution in [1.82, 2.24) is 0 Å². The minimum absolute atomic E-state index is 0.00784. The Morgan fingerprint density at radius 1 is 1.08 bits per heavy atom. The average molecular weight is 382 g/mol. The van der Waals surface area contributed by atoms with Crippen LogP contribution in [0.2, 0.25) is 10.0 Å². The first-order valence-electron chi connectivity index (χ1n) is 7.50. The lowest BCUT2D eigenvalue weighted by molar-refractivity contribution is -0.116. The molecule has 0 unspecified atom stereocenters. The molecule has 1 N–H and O–H groups in total. The SMILES string of the molecule is CCCC(=O)Nc1cccc(SCC(=O)c2ccc(Cl)c(Cl)c2)c1. The van der Waals surface area contributed by atoms with E-state index in [9.17, 15) is 9.59 Å². The van der Waals surface area contributed by atoms with E-state index in [-0.39, 0.29) is 17.4 Å². The molecule has 0 aliphatic carbocycles. The maximum absolute atomic E-state index is 12.2. The Morgan fingerprint density at radius 2 is 1.88 bits per heavy atom. The van der Waals surface area contributed by atoms with E-state index >= 15 is 0 Å². The Balaban J connectivity index is 1.97. The molecule has 0 aliphatic rings. The van der Waals surface area contributed by atoms with E-state index in [1.165, 1.54) is 11.8 Å². The van der Waals surface area contributed by atoms with Crippen LogP contribution in [-0.2, 0) is 4.79 Å². The van der Waals surface area contributed by atoms with Gasteiger partial charge in [-0.05, 0) is 42.8 Å². The Morgan fingerprint density at radius 3 is 2.58 bits per heavy atom. The quantitative estimate of drug-likeness (QED) is 0.493. The molecule has 0 bridgehead atoms. The number of rotatable bonds is 7. The number of halogens is 2. The molecule has 6 heteroatoms. The van der Waals surface area contributed by atoms with Crippen LogP contribution in [0.15, 0.2) is 47.4 Å². The zero-order chi connectivity index (χ0) is 17.5. The number of benzene rings is 2. The number of Topliss-reactive ketones (excluding diaryl/α,β-unsaturated/α-hetero) is 1. The summed E-state index contributed by atoms with van der Waals surface area (Å²) in [7, 11) is 0. The largest absolute Gasteiger partial charge is 0.326 e. The first-order valence-corrected chi connectivity index (χ1v) is 9.24. The molecule has 2 aromatic carbocycles. The highest BCUT2D eigenvalue weighted by Crippen LogP contribution is 2.26. The molecule has 0 radical (unpaired) electrons. The van der Waals surface area contributed by atoms with Crippen LogP contribution in [-0.4, -0.2) is 17.4 Å². The van der Waals surface area contributed by atoms with Crippen molar-refractivity contribution in [2.75, 3.05) is 11.1 Å². The van der Waals surface area contributed by atoms with Gasteiger partial charge in [-0.1, -0.05) is 36.2 Å². The van der Waals surface area contributed by atoms with Gasteiger partial charge in [0.2, 0.25) is 5.91 Å². The van der Waals surface area contributed by atoms with Crippen molar-refractivity contribution >= 4 is 52.3 Å². The molecule has 0 heterocycles. The fourth-order valence-electron chi connectivity index (χ4n) is 2.02. The van der Waals surface area contributed by atoms with E-state index in [1.54, 1.807) is 18.2 Å². The summed E-state index contributed by atoms with van der Waals surface area (Å²) in [6.07, 6.45) is 1.30. The van der Waals surface area contributed by atoms with Crippen molar-refractivity contribution in [3.8, 4) is 0 Å². The standard InChI is InChI=1S/C18H17Cl2NO2S/c1-2-4-18(23)21-13-5-3-6-14(10-13)24-11-17(22)12-7-8-15(19)16(20)9-12/h3,5-10H,2,4,11H2,1H3,(H,21,23). The van der Waals surface area contributed by atoms with Gasteiger partial charge in [-0.15, -0.1) is 11.8 Å². The molecule has 0 fully saturated rings. The van der Waals surface area contributed by atoms with Gasteiger partial charge in [-0.3, -0.25) is 9.59 Å². The maximum Gasteiger partial charge on any atom is 0.224 e. The van der Waals surface area contributed by atoms with Crippen molar-refractivity contribution in [1.29, 1.82) is 0 Å². The highest BCUT2D eigenvalue weighted by molar-refractivity contribution is 8.00. The van der Waals surface area contributed by atoms with Crippen LogP contribution >= 0.6 is 35.0 Å². The van der Waals surface area contributed by atoms with Gasteiger partial charge < -0.3 is 5.32 Å². The normalized spacial score (nSPS) is 10.5. The van der Waals surface area contributed by atoms with Crippen molar-refractivity contribution in [2.45, 2.75) is 24.7 Å². The summed E-state index contributed by atoms with van der Waals surface area (Å²) in [5, 5.41) is 3.64. The minimum Gasteiger partial charge on any atom is -0.326 e. The van der Waals surface area contributed by atoms with Crippen LogP contribution in [0.3, 0.4) is 0 Å². The van der Waals surface area contributed by atoms with Crippen molar-refractivity contribution in [2.24, 2.45) is 0 Å². The summed E-state index contributed by atoms with van der Waals surface area (Å²) >= 11 is 13.2. The van der Waals surface area contributed by atoms with Crippen LogP contribution in [0, 0.1) is 0 Å². The molecular weight excluding hydrogens is 365 g/mol. The van der Waals surface area contributed by atoms with E-state index in [0.717, 1.165) is 17.0 Å². The van der Waals surface area contributed by atoms with E-state index in [0.29, 0.717) is 22.0 Å². The summed E-state index contributed by atoms with van der Waals surface area (Å²) in [5.41, 5.74) is 1.27. The third-order valence-corrected chi connectivity index (χ3v) is 4.94. The number of carbonyl (C=O) groups is 2. The van der Waals surface area contributed by atoms with Gasteiger partial charge in [0, 0.05) is 22.6 Å². The van der Waals surface area contributed by atoms with Gasteiger partial charge in [0.15, 0.2) is 5.78 Å². The second-order valence-electron chi connectivity index (χ2n) is 5.17. The van der Waals surface area contributed by atoms with Crippen LogP contribution < -0.4 is 5.32 Å². The number of hydrogen-bond acceptors (Lipinski definition) is 3. The third-order valence-electron chi connectivity index (χ3n) is 3.21. The van der Waals surface area contributed by atoms with Gasteiger partial charge in [0.05, 0.1) is 15.8 Å². The molecule has 0 spiro atoms. The molecule has 126 valence electrons. The lowest BCUT2D eigenvalue weighted by Crippen LogP contribution is -2.10. The molecule has 1 amide bonds. The number of thioether (sulfide) groups is 1. The van der Waals surface area contributed by atoms with Gasteiger partial charge in [-0.2, -0.15) is 0 Å². The summed E-state index contributed by atoms with van der Waals surface area (Å²) in [6.45, 7) is 1.96. The number of carbonyl (C=O) groups excluding carboxylic acids is 2. The smallest absolute Gasteiger partial charge is 0.224 e. The number of ketones is 1. The molecule has 0 saturated carbocycles. The van der Waals surface area contributed by atoms with E-state index in [2.05, 4.69) is 5.32 Å². The Hall–Kier alpha value is -1.49. The van der Waals surface area contributed by atoms with Crippen LogP contribution in [0.1, 0.15) is 30.1 Å². The number of nitrogens with one attached hydrogen (secondary N) is 1. The zero-order valence-electron chi connectivity index (χ0n) is 13.1. The van der Waals surface area contributed by atoms with Crippen molar-refractivity contribution in [3.63, 3.8) is 0 Å². The third kappa shape index (κ3) is 5.55. The number of anilines is 1. The monoisotopic (exact) mass is 381 g/mol. The van der Waals surface area contributed by atoms with Crippen molar-refractivity contribution in [3.05, 3.63) is 58.1 Å². The maximum atomic E-state index is 12.2. The molecule has 0 aliphatic heterocycles. The van der Waals surface area contributed by atoms with E-state index in [1.807, 2.05) is 31.2 Å². The average Bonchev–Trinajstić information content (AvgIpc) is 2.55. The summed E-state index contributed by atoms with van der Waals surface area (Å²) in [4.78, 5) is 24.8. The molecule has 0 atom stereocenters. The Bertz CT molecular complexity index is 750. The Labute approximate surface area is 155 Å². The minimum atomic E-state index is -0.0287. The predicted octanol–water partition coefficient (Wildman–Crippen LogP) is 5.71. The molecule has 2 rings (SSSR count). The van der Waals surface area contributed by atoms with E-state index in [4.69, 9.17) is 23.2 Å². The highest BCUT2D eigenvalue weighted by atomic mass is 35.5. The van der Waals surface area contributed by atoms with Gasteiger partial charge >= 0.3 is 0 Å². The summed E-state index contributed by atoms with van der Waals surface area (Å²) in [6, 6.07) is 12.3. The first kappa shape index (κ1) is 18.8. The number of amides is 1. The molecule has 2 aromatic rings. The summed E-state index contributed by atoms with van der Waals surface area (Å²) < 4.78 is 0. The lowest BCUT2D eigenvalue weighted by atomic mass is 10.1. The van der Waals surface area contributed by atoms with E-state index < -0.39 is 0 Å². The summed E-state index contributed by atoms with van der Waals surface area (Å²) in [5.74, 6) is 0.246. The first-order chi connectivity index (χ1) is 11.5. The highest BCUT2D eigenvalue weighted by Gasteiger charge is 2.09. The fourth-order valence-corrected chi connectivity index (χ4v) is 3.16. The fraction of sp³-hybridized carbons (Fsp3) is 0.222. The van der Waals surface area contributed by atoms with Crippen LogP contribution in [0.4, 0.5) is 5.69 Å². The number of hydrogen-bond donors (Lipinski definition) is 1. The van der Waals surface area contributed by atoms with Crippen molar-refractivity contribution < 1.29 is 9.59 Å². The van der Waals surface area contributed by atoms with Gasteiger partial charge in [0.1, 0.15) is 0 Å².